The maximum absolute atomic E-state index is 13.0. The van der Waals surface area contributed by atoms with E-state index in [0.29, 0.717) is 25.1 Å². The van der Waals surface area contributed by atoms with E-state index in [2.05, 4.69) is 23.1 Å². The molecule has 1 atom stereocenters. The average Bonchev–Trinajstić information content (AvgIpc) is 2.80. The molecular formula is C26H25N3O. The van der Waals surface area contributed by atoms with Crippen LogP contribution in [0.2, 0.25) is 0 Å². The number of rotatable bonds is 4. The lowest BCUT2D eigenvalue weighted by Gasteiger charge is -2.43. The van der Waals surface area contributed by atoms with Gasteiger partial charge in [-0.15, -0.1) is 0 Å². The van der Waals surface area contributed by atoms with Crippen molar-refractivity contribution >= 4 is 11.6 Å². The molecule has 4 heteroatoms. The van der Waals surface area contributed by atoms with Crippen LogP contribution in [0, 0.1) is 18.3 Å². The summed E-state index contributed by atoms with van der Waals surface area (Å²) in [6, 6.07) is 28.4. The molecule has 1 aliphatic rings. The number of aryl methyl sites for hydroxylation is 1. The lowest BCUT2D eigenvalue weighted by molar-refractivity contribution is -0.131. The Balaban J connectivity index is 1.60. The molecule has 0 saturated carbocycles. The highest BCUT2D eigenvalue weighted by molar-refractivity contribution is 5.79. The van der Waals surface area contributed by atoms with E-state index >= 15 is 0 Å². The van der Waals surface area contributed by atoms with Crippen molar-refractivity contribution < 1.29 is 4.79 Å². The van der Waals surface area contributed by atoms with E-state index < -0.39 is 0 Å². The van der Waals surface area contributed by atoms with Gasteiger partial charge in [-0.05, 0) is 41.8 Å². The largest absolute Gasteiger partial charge is 0.361 e. The van der Waals surface area contributed by atoms with Gasteiger partial charge in [-0.2, -0.15) is 5.26 Å². The normalized spacial score (nSPS) is 16.2. The van der Waals surface area contributed by atoms with E-state index in [1.54, 1.807) is 0 Å². The molecule has 3 aromatic carbocycles. The molecule has 0 aliphatic carbocycles. The molecule has 0 radical (unpaired) electrons. The first kappa shape index (κ1) is 19.7. The third kappa shape index (κ3) is 4.21. The number of nitrogens with zero attached hydrogens (tertiary/aromatic N) is 3. The third-order valence-electron chi connectivity index (χ3n) is 5.75. The second-order valence-corrected chi connectivity index (χ2v) is 7.74. The number of carbonyl (C=O) groups excluding carboxylic acids is 1. The predicted octanol–water partition coefficient (Wildman–Crippen LogP) is 4.50. The van der Waals surface area contributed by atoms with Crippen LogP contribution in [0.25, 0.3) is 0 Å². The molecule has 3 aromatic rings. The molecule has 0 spiro atoms. The standard InChI is InChI=1S/C26H25N3O/c1-20-16-22(18-27)12-13-24(20)29-15-14-28(19-25(29)23-10-6-3-7-11-23)26(30)17-21-8-4-2-5-9-21/h2-13,16,25H,14-15,17,19H2,1H3/t25-/m0/s1. The number of amides is 1. The third-order valence-corrected chi connectivity index (χ3v) is 5.75. The zero-order chi connectivity index (χ0) is 20.9. The smallest absolute Gasteiger partial charge is 0.227 e. The number of piperazine rings is 1. The second kappa shape index (κ2) is 8.84. The topological polar surface area (TPSA) is 47.3 Å². The van der Waals surface area contributed by atoms with Gasteiger partial charge in [0, 0.05) is 25.3 Å². The van der Waals surface area contributed by atoms with Crippen LogP contribution >= 0.6 is 0 Å². The Morgan fingerprint density at radius 2 is 1.70 bits per heavy atom. The fourth-order valence-electron chi connectivity index (χ4n) is 4.19. The van der Waals surface area contributed by atoms with Crippen molar-refractivity contribution in [3.05, 3.63) is 101 Å². The number of hydrogen-bond donors (Lipinski definition) is 0. The van der Waals surface area contributed by atoms with E-state index in [0.717, 1.165) is 23.4 Å². The summed E-state index contributed by atoms with van der Waals surface area (Å²) in [4.78, 5) is 17.4. The number of benzene rings is 3. The molecule has 150 valence electrons. The molecule has 4 rings (SSSR count). The lowest BCUT2D eigenvalue weighted by atomic mass is 9.99. The maximum atomic E-state index is 13.0. The van der Waals surface area contributed by atoms with E-state index in [1.807, 2.05) is 78.6 Å². The first-order valence-electron chi connectivity index (χ1n) is 10.3. The summed E-state index contributed by atoms with van der Waals surface area (Å²) >= 11 is 0. The molecule has 1 saturated heterocycles. The van der Waals surface area contributed by atoms with Crippen LogP contribution in [0.5, 0.6) is 0 Å². The van der Waals surface area contributed by atoms with E-state index in [4.69, 9.17) is 0 Å². The van der Waals surface area contributed by atoms with Crippen molar-refractivity contribution in [1.82, 2.24) is 4.90 Å². The minimum atomic E-state index is 0.0753. The van der Waals surface area contributed by atoms with Crippen LogP contribution in [0.15, 0.2) is 78.9 Å². The number of nitriles is 1. The quantitative estimate of drug-likeness (QED) is 0.653. The molecule has 0 aromatic heterocycles. The van der Waals surface area contributed by atoms with Gasteiger partial charge in [0.2, 0.25) is 5.91 Å². The molecule has 1 aliphatic heterocycles. The number of hydrogen-bond acceptors (Lipinski definition) is 3. The molecule has 4 nitrogen and oxygen atoms in total. The Labute approximate surface area is 178 Å². The van der Waals surface area contributed by atoms with Crippen LogP contribution in [-0.2, 0) is 11.2 Å². The van der Waals surface area contributed by atoms with Gasteiger partial charge in [0.25, 0.3) is 0 Å². The first-order valence-corrected chi connectivity index (χ1v) is 10.3. The fraction of sp³-hybridized carbons (Fsp3) is 0.231. The number of carbonyl (C=O) groups is 1. The summed E-state index contributed by atoms with van der Waals surface area (Å²) in [6.45, 7) is 4.14. The van der Waals surface area contributed by atoms with Gasteiger partial charge in [-0.25, -0.2) is 0 Å². The zero-order valence-corrected chi connectivity index (χ0v) is 17.2. The Kier molecular flexibility index (Phi) is 5.81. The van der Waals surface area contributed by atoms with Crippen molar-refractivity contribution in [1.29, 1.82) is 5.26 Å². The zero-order valence-electron chi connectivity index (χ0n) is 17.2. The van der Waals surface area contributed by atoms with Crippen LogP contribution in [0.3, 0.4) is 0 Å². The Morgan fingerprint density at radius 3 is 2.37 bits per heavy atom. The van der Waals surface area contributed by atoms with Crippen LogP contribution in [0.1, 0.15) is 28.3 Å². The minimum Gasteiger partial charge on any atom is -0.361 e. The lowest BCUT2D eigenvalue weighted by Crippen LogP contribution is -2.51. The maximum Gasteiger partial charge on any atom is 0.227 e. The summed E-state index contributed by atoms with van der Waals surface area (Å²) < 4.78 is 0. The Hall–Kier alpha value is -3.58. The summed E-state index contributed by atoms with van der Waals surface area (Å²) in [6.07, 6.45) is 0.429. The van der Waals surface area contributed by atoms with Gasteiger partial charge >= 0.3 is 0 Å². The second-order valence-electron chi connectivity index (χ2n) is 7.74. The van der Waals surface area contributed by atoms with Gasteiger partial charge in [0.1, 0.15) is 0 Å². The van der Waals surface area contributed by atoms with Gasteiger partial charge < -0.3 is 9.80 Å². The van der Waals surface area contributed by atoms with Gasteiger partial charge in [-0.1, -0.05) is 60.7 Å². The molecule has 0 N–H and O–H groups in total. The highest BCUT2D eigenvalue weighted by Gasteiger charge is 2.31. The van der Waals surface area contributed by atoms with Crippen LogP contribution < -0.4 is 4.90 Å². The van der Waals surface area contributed by atoms with Crippen molar-refractivity contribution in [2.24, 2.45) is 0 Å². The predicted molar refractivity (Wildman–Crippen MR) is 119 cm³/mol. The summed E-state index contributed by atoms with van der Waals surface area (Å²) in [5.41, 5.74) is 5.11. The van der Waals surface area contributed by atoms with Crippen LogP contribution in [-0.4, -0.2) is 30.4 Å². The van der Waals surface area contributed by atoms with E-state index in [9.17, 15) is 10.1 Å². The van der Waals surface area contributed by atoms with Gasteiger partial charge in [0.15, 0.2) is 0 Å². The van der Waals surface area contributed by atoms with Gasteiger partial charge in [-0.3, -0.25) is 4.79 Å². The Bertz CT molecular complexity index is 1060. The van der Waals surface area contributed by atoms with Crippen molar-refractivity contribution in [3.63, 3.8) is 0 Å². The molecule has 1 heterocycles. The SMILES string of the molecule is Cc1cc(C#N)ccc1N1CCN(C(=O)Cc2ccccc2)C[C@H]1c1ccccc1. The van der Waals surface area contributed by atoms with Crippen molar-refractivity contribution in [3.8, 4) is 6.07 Å². The number of anilines is 1. The Morgan fingerprint density at radius 1 is 1.00 bits per heavy atom. The molecule has 30 heavy (non-hydrogen) atoms. The summed E-state index contributed by atoms with van der Waals surface area (Å²) in [5.74, 6) is 0.165. The van der Waals surface area contributed by atoms with E-state index in [-0.39, 0.29) is 11.9 Å². The average molecular weight is 396 g/mol. The van der Waals surface area contributed by atoms with Gasteiger partial charge in [0.05, 0.1) is 24.1 Å². The fourth-order valence-corrected chi connectivity index (χ4v) is 4.19. The summed E-state index contributed by atoms with van der Waals surface area (Å²) in [7, 11) is 0. The highest BCUT2D eigenvalue weighted by Crippen LogP contribution is 2.33. The minimum absolute atomic E-state index is 0.0753. The van der Waals surface area contributed by atoms with Crippen molar-refractivity contribution in [2.75, 3.05) is 24.5 Å². The molecule has 0 unspecified atom stereocenters. The van der Waals surface area contributed by atoms with Crippen LogP contribution in [0.4, 0.5) is 5.69 Å². The molecule has 1 fully saturated rings. The first-order chi connectivity index (χ1) is 14.7. The molecule has 0 bridgehead atoms. The molecular weight excluding hydrogens is 370 g/mol. The molecule has 1 amide bonds. The summed E-state index contributed by atoms with van der Waals surface area (Å²) in [5, 5.41) is 9.20. The monoisotopic (exact) mass is 395 g/mol. The van der Waals surface area contributed by atoms with Crippen molar-refractivity contribution in [2.45, 2.75) is 19.4 Å². The highest BCUT2D eigenvalue weighted by atomic mass is 16.2. The van der Waals surface area contributed by atoms with E-state index in [1.165, 1.54) is 5.56 Å².